The fourth-order valence-electron chi connectivity index (χ4n) is 3.97. The summed E-state index contributed by atoms with van der Waals surface area (Å²) in [6.45, 7) is 1.98. The van der Waals surface area contributed by atoms with Crippen molar-refractivity contribution in [1.82, 2.24) is 0 Å². The Labute approximate surface area is 186 Å². The molecule has 2 aliphatic heterocycles. The number of rotatable bonds is 5. The maximum atomic E-state index is 12.8. The fourth-order valence-corrected chi connectivity index (χ4v) is 7.90. The maximum Gasteiger partial charge on any atom is 0.252 e. The fraction of sp³-hybridized carbons (Fsp3) is 0.364. The van der Waals surface area contributed by atoms with Crippen LogP contribution in [0.3, 0.4) is 0 Å². The standard InChI is InChI=1S/C22H24N2O5S2/c1-14-5-4-6-15(9-14)10-21(25)23-22-24(18-12-31(26,27)13-20(18)30-22)17-11-16(28-2)7-8-19(17)29-3/h4-9,11,18,20H,10,12-13H2,1-3H3/t18-,20-/m0/s1. The summed E-state index contributed by atoms with van der Waals surface area (Å²) in [6, 6.07) is 12.8. The van der Waals surface area contributed by atoms with Gasteiger partial charge in [-0.2, -0.15) is 4.99 Å². The number of benzene rings is 2. The lowest BCUT2D eigenvalue weighted by atomic mass is 10.1. The Morgan fingerprint density at radius 2 is 1.97 bits per heavy atom. The summed E-state index contributed by atoms with van der Waals surface area (Å²) in [7, 11) is -0.0457. The van der Waals surface area contributed by atoms with Crippen LogP contribution in [0, 0.1) is 6.92 Å². The third kappa shape index (κ3) is 4.57. The molecule has 0 N–H and O–H groups in total. The molecular weight excluding hydrogens is 436 g/mol. The van der Waals surface area contributed by atoms with E-state index in [2.05, 4.69) is 4.99 Å². The number of methoxy groups -OCH3 is 2. The van der Waals surface area contributed by atoms with Gasteiger partial charge in [-0.3, -0.25) is 4.79 Å². The molecule has 0 bridgehead atoms. The first-order chi connectivity index (χ1) is 14.8. The Balaban J connectivity index is 1.71. The largest absolute Gasteiger partial charge is 0.497 e. The van der Waals surface area contributed by atoms with Crippen molar-refractivity contribution in [3.8, 4) is 11.5 Å². The predicted molar refractivity (Wildman–Crippen MR) is 123 cm³/mol. The molecule has 2 fully saturated rings. The zero-order valence-electron chi connectivity index (χ0n) is 17.6. The maximum absolute atomic E-state index is 12.8. The molecule has 2 aliphatic rings. The lowest BCUT2D eigenvalue weighted by Gasteiger charge is -2.26. The summed E-state index contributed by atoms with van der Waals surface area (Å²) in [5.74, 6) is 0.968. The number of sulfone groups is 1. The topological polar surface area (TPSA) is 85.3 Å². The molecule has 0 aliphatic carbocycles. The number of hydrogen-bond acceptors (Lipinski definition) is 6. The minimum Gasteiger partial charge on any atom is -0.497 e. The molecule has 0 saturated carbocycles. The highest BCUT2D eigenvalue weighted by atomic mass is 32.2. The molecular formula is C22H24N2O5S2. The van der Waals surface area contributed by atoms with Crippen LogP contribution in [-0.2, 0) is 21.1 Å². The van der Waals surface area contributed by atoms with Crippen LogP contribution in [-0.4, -0.2) is 56.5 Å². The van der Waals surface area contributed by atoms with Gasteiger partial charge in [0.05, 0.1) is 43.9 Å². The van der Waals surface area contributed by atoms with Gasteiger partial charge in [-0.1, -0.05) is 41.6 Å². The number of anilines is 1. The van der Waals surface area contributed by atoms with Gasteiger partial charge in [0.1, 0.15) is 11.5 Å². The van der Waals surface area contributed by atoms with Gasteiger partial charge in [0, 0.05) is 11.3 Å². The molecule has 1 amide bonds. The SMILES string of the molecule is COc1ccc(OC)c(N2C(=NC(=O)Cc3cccc(C)c3)S[C@H]3CS(=O)(=O)C[C@@H]32)c1. The van der Waals surface area contributed by atoms with E-state index in [0.29, 0.717) is 22.4 Å². The molecule has 0 unspecified atom stereocenters. The van der Waals surface area contributed by atoms with Crippen LogP contribution < -0.4 is 14.4 Å². The molecule has 2 atom stereocenters. The summed E-state index contributed by atoms with van der Waals surface area (Å²) < 4.78 is 35.5. The number of nitrogens with zero attached hydrogens (tertiary/aromatic N) is 2. The Morgan fingerprint density at radius 1 is 1.16 bits per heavy atom. The van der Waals surface area contributed by atoms with Crippen LogP contribution in [0.1, 0.15) is 11.1 Å². The third-order valence-corrected chi connectivity index (χ3v) is 8.58. The first-order valence-electron chi connectivity index (χ1n) is 9.85. The van der Waals surface area contributed by atoms with E-state index < -0.39 is 9.84 Å². The van der Waals surface area contributed by atoms with Crippen LogP contribution in [0.4, 0.5) is 5.69 Å². The second kappa shape index (κ2) is 8.55. The van der Waals surface area contributed by atoms with Crippen molar-refractivity contribution in [3.63, 3.8) is 0 Å². The minimum absolute atomic E-state index is 0.0100. The van der Waals surface area contributed by atoms with Crippen molar-refractivity contribution in [2.24, 2.45) is 4.99 Å². The van der Waals surface area contributed by atoms with Crippen molar-refractivity contribution in [2.75, 3.05) is 30.6 Å². The van der Waals surface area contributed by atoms with Gasteiger partial charge in [0.15, 0.2) is 15.0 Å². The molecule has 31 heavy (non-hydrogen) atoms. The number of thioether (sulfide) groups is 1. The van der Waals surface area contributed by atoms with Crippen molar-refractivity contribution in [2.45, 2.75) is 24.6 Å². The van der Waals surface area contributed by atoms with E-state index in [1.54, 1.807) is 32.4 Å². The van der Waals surface area contributed by atoms with Gasteiger partial charge in [-0.25, -0.2) is 8.42 Å². The smallest absolute Gasteiger partial charge is 0.252 e. The van der Waals surface area contributed by atoms with E-state index >= 15 is 0 Å². The van der Waals surface area contributed by atoms with Gasteiger partial charge < -0.3 is 14.4 Å². The number of fused-ring (bicyclic) bond motifs is 1. The second-order valence-corrected chi connectivity index (χ2v) is 11.0. The lowest BCUT2D eigenvalue weighted by Crippen LogP contribution is -2.38. The summed E-state index contributed by atoms with van der Waals surface area (Å²) in [5, 5.41) is 0.306. The molecule has 9 heteroatoms. The van der Waals surface area contributed by atoms with Crippen LogP contribution in [0.2, 0.25) is 0 Å². The molecule has 0 radical (unpaired) electrons. The number of aliphatic imine (C=N–C) groups is 1. The molecule has 2 saturated heterocycles. The van der Waals surface area contributed by atoms with Crippen LogP contribution >= 0.6 is 11.8 Å². The van der Waals surface area contributed by atoms with Crippen molar-refractivity contribution >= 4 is 38.4 Å². The normalized spacial score (nSPS) is 23.1. The minimum atomic E-state index is -3.16. The molecule has 0 aromatic heterocycles. The number of aryl methyl sites for hydroxylation is 1. The highest BCUT2D eigenvalue weighted by Gasteiger charge is 2.50. The van der Waals surface area contributed by atoms with Gasteiger partial charge in [0.25, 0.3) is 5.91 Å². The van der Waals surface area contributed by atoms with Crippen molar-refractivity contribution in [1.29, 1.82) is 0 Å². The molecule has 0 spiro atoms. The first kappa shape index (κ1) is 21.7. The number of carbonyl (C=O) groups excluding carboxylic acids is 1. The monoisotopic (exact) mass is 460 g/mol. The molecule has 2 aromatic rings. The van der Waals surface area contributed by atoms with Crippen LogP contribution in [0.25, 0.3) is 0 Å². The van der Waals surface area contributed by atoms with Gasteiger partial charge in [0.2, 0.25) is 0 Å². The van der Waals surface area contributed by atoms with Crippen LogP contribution in [0.15, 0.2) is 47.5 Å². The highest BCUT2D eigenvalue weighted by Crippen LogP contribution is 2.45. The summed E-state index contributed by atoms with van der Waals surface area (Å²) in [5.41, 5.74) is 2.61. The van der Waals surface area contributed by atoms with E-state index in [0.717, 1.165) is 11.1 Å². The lowest BCUT2D eigenvalue weighted by molar-refractivity contribution is -0.117. The Morgan fingerprint density at radius 3 is 2.68 bits per heavy atom. The zero-order valence-corrected chi connectivity index (χ0v) is 19.2. The number of amides is 1. The van der Waals surface area contributed by atoms with Crippen molar-refractivity contribution < 1.29 is 22.7 Å². The van der Waals surface area contributed by atoms with E-state index in [1.807, 2.05) is 36.1 Å². The second-order valence-electron chi connectivity index (χ2n) is 7.66. The van der Waals surface area contributed by atoms with E-state index in [4.69, 9.17) is 9.47 Å². The van der Waals surface area contributed by atoms with Crippen molar-refractivity contribution in [3.05, 3.63) is 53.6 Å². The molecule has 4 rings (SSSR count). The number of ether oxygens (including phenoxy) is 2. The summed E-state index contributed by atoms with van der Waals surface area (Å²) in [6.07, 6.45) is 0.183. The average Bonchev–Trinajstić information content (AvgIpc) is 3.17. The molecule has 7 nitrogen and oxygen atoms in total. The first-order valence-corrected chi connectivity index (χ1v) is 12.5. The number of carbonyl (C=O) groups is 1. The quantitative estimate of drug-likeness (QED) is 0.678. The van der Waals surface area contributed by atoms with Crippen LogP contribution in [0.5, 0.6) is 11.5 Å². The third-order valence-electron chi connectivity index (χ3n) is 5.37. The summed E-state index contributed by atoms with van der Waals surface area (Å²) in [4.78, 5) is 19.0. The Bertz CT molecular complexity index is 1150. The Kier molecular flexibility index (Phi) is 5.98. The van der Waals surface area contributed by atoms with E-state index in [-0.39, 0.29) is 35.1 Å². The van der Waals surface area contributed by atoms with E-state index in [9.17, 15) is 13.2 Å². The number of hydrogen-bond donors (Lipinski definition) is 0. The molecule has 2 aromatic carbocycles. The van der Waals surface area contributed by atoms with Gasteiger partial charge in [-0.05, 0) is 24.6 Å². The summed E-state index contributed by atoms with van der Waals surface area (Å²) >= 11 is 1.34. The predicted octanol–water partition coefficient (Wildman–Crippen LogP) is 2.86. The van der Waals surface area contributed by atoms with Gasteiger partial charge >= 0.3 is 0 Å². The Hall–Kier alpha value is -2.52. The average molecular weight is 461 g/mol. The number of amidine groups is 1. The highest BCUT2D eigenvalue weighted by molar-refractivity contribution is 8.16. The zero-order chi connectivity index (χ0) is 22.2. The van der Waals surface area contributed by atoms with Gasteiger partial charge in [-0.15, -0.1) is 0 Å². The van der Waals surface area contributed by atoms with E-state index in [1.165, 1.54) is 11.8 Å². The molecule has 2 heterocycles. The molecule has 164 valence electrons.